The maximum Gasteiger partial charge on any atom is 0.260 e. The van der Waals surface area contributed by atoms with Crippen LogP contribution in [-0.2, 0) is 11.8 Å². The Morgan fingerprint density at radius 1 is 1.42 bits per heavy atom. The van der Waals surface area contributed by atoms with Gasteiger partial charge in [-0.1, -0.05) is 6.42 Å². The molecule has 0 aromatic carbocycles. The molecule has 0 spiro atoms. The fourth-order valence-electron chi connectivity index (χ4n) is 3.09. The number of hydrogen-bond acceptors (Lipinski definition) is 4. The minimum atomic E-state index is -2.88. The van der Waals surface area contributed by atoms with Crippen molar-refractivity contribution in [2.75, 3.05) is 5.32 Å². The zero-order chi connectivity index (χ0) is 16.9. The predicted molar refractivity (Wildman–Crippen MR) is 82.5 cm³/mol. The molecule has 2 aliphatic carbocycles. The molecule has 0 aliphatic heterocycles. The second kappa shape index (κ2) is 5.32. The Balaban J connectivity index is 1.71. The summed E-state index contributed by atoms with van der Waals surface area (Å²) in [5, 5.41) is 7.15. The maximum absolute atomic E-state index is 13.2. The Labute approximate surface area is 137 Å². The quantitative estimate of drug-likeness (QED) is 0.934. The highest BCUT2D eigenvalue weighted by Gasteiger charge is 2.61. The summed E-state index contributed by atoms with van der Waals surface area (Å²) in [6.45, 7) is 0. The zero-order valence-corrected chi connectivity index (χ0v) is 13.2. The number of anilines is 1. The summed E-state index contributed by atoms with van der Waals surface area (Å²) in [6, 6.07) is 1.76. The molecule has 8 heteroatoms. The van der Waals surface area contributed by atoms with Crippen molar-refractivity contribution in [3.8, 4) is 11.4 Å². The van der Waals surface area contributed by atoms with Crippen LogP contribution < -0.4 is 5.32 Å². The first-order valence-electron chi connectivity index (χ1n) is 7.99. The number of carbonyl (C=O) groups excluding carboxylic acids is 1. The Morgan fingerprint density at radius 3 is 2.71 bits per heavy atom. The summed E-state index contributed by atoms with van der Waals surface area (Å²) in [7, 11) is 1.70. The van der Waals surface area contributed by atoms with Gasteiger partial charge in [-0.3, -0.25) is 9.48 Å². The molecule has 2 aromatic heterocycles. The van der Waals surface area contributed by atoms with E-state index in [1.54, 1.807) is 24.0 Å². The van der Waals surface area contributed by atoms with Crippen LogP contribution in [0, 0.1) is 5.92 Å². The standard InChI is InChI=1S/C16H17F2N5O/c1-23-14(21-15(24)10-7-16(10,17)18)12(9-3-2-4-9)13(22-23)11-5-6-19-8-20-11/h5-6,8-10H,2-4,7H2,1H3,(H,21,24)/t10-/m1/s1. The first-order chi connectivity index (χ1) is 11.5. The van der Waals surface area contributed by atoms with Crippen LogP contribution in [-0.4, -0.2) is 31.6 Å². The van der Waals surface area contributed by atoms with Crippen LogP contribution in [0.1, 0.15) is 37.2 Å². The number of alkyl halides is 2. The van der Waals surface area contributed by atoms with E-state index in [2.05, 4.69) is 20.4 Å². The first-order valence-corrected chi connectivity index (χ1v) is 7.99. The summed E-state index contributed by atoms with van der Waals surface area (Å²) in [5.41, 5.74) is 2.24. The maximum atomic E-state index is 13.2. The number of halogens is 2. The molecule has 1 N–H and O–H groups in total. The molecule has 0 saturated heterocycles. The first kappa shape index (κ1) is 15.2. The molecule has 1 amide bonds. The van der Waals surface area contributed by atoms with Crippen LogP contribution in [0.4, 0.5) is 14.6 Å². The van der Waals surface area contributed by atoms with Crippen molar-refractivity contribution in [3.05, 3.63) is 24.2 Å². The molecule has 2 aliphatic rings. The molecule has 0 radical (unpaired) electrons. The van der Waals surface area contributed by atoms with Crippen LogP contribution >= 0.6 is 0 Å². The van der Waals surface area contributed by atoms with E-state index in [0.717, 1.165) is 24.8 Å². The van der Waals surface area contributed by atoms with Gasteiger partial charge in [0, 0.05) is 25.2 Å². The Kier molecular flexibility index (Phi) is 3.36. The van der Waals surface area contributed by atoms with Crippen LogP contribution in [0.15, 0.2) is 18.6 Å². The van der Waals surface area contributed by atoms with E-state index in [-0.39, 0.29) is 12.3 Å². The SMILES string of the molecule is Cn1nc(-c2ccncn2)c(C2CCC2)c1NC(=O)[C@H]1CC1(F)F. The lowest BCUT2D eigenvalue weighted by Gasteiger charge is -2.26. The molecule has 0 bridgehead atoms. The number of rotatable bonds is 4. The van der Waals surface area contributed by atoms with Gasteiger partial charge in [0.05, 0.1) is 5.69 Å². The number of aromatic nitrogens is 4. The van der Waals surface area contributed by atoms with Gasteiger partial charge in [0.25, 0.3) is 5.92 Å². The van der Waals surface area contributed by atoms with Crippen molar-refractivity contribution in [1.29, 1.82) is 0 Å². The van der Waals surface area contributed by atoms with Crippen LogP contribution in [0.3, 0.4) is 0 Å². The average Bonchev–Trinajstić information content (AvgIpc) is 3.05. The van der Waals surface area contributed by atoms with Gasteiger partial charge in [0.2, 0.25) is 5.91 Å². The van der Waals surface area contributed by atoms with Crippen molar-refractivity contribution in [1.82, 2.24) is 19.7 Å². The lowest BCUT2D eigenvalue weighted by molar-refractivity contribution is -0.119. The molecule has 2 aromatic rings. The molecule has 6 nitrogen and oxygen atoms in total. The number of amides is 1. The monoisotopic (exact) mass is 333 g/mol. The summed E-state index contributed by atoms with van der Waals surface area (Å²) >= 11 is 0. The van der Waals surface area contributed by atoms with Gasteiger partial charge in [-0.2, -0.15) is 5.10 Å². The smallest absolute Gasteiger partial charge is 0.260 e. The minimum Gasteiger partial charge on any atom is -0.310 e. The fourth-order valence-corrected chi connectivity index (χ4v) is 3.09. The summed E-state index contributed by atoms with van der Waals surface area (Å²) < 4.78 is 27.9. The van der Waals surface area contributed by atoms with Crippen molar-refractivity contribution >= 4 is 11.7 Å². The molecule has 2 saturated carbocycles. The number of carbonyl (C=O) groups is 1. The van der Waals surface area contributed by atoms with Crippen molar-refractivity contribution in [2.45, 2.75) is 37.5 Å². The fraction of sp³-hybridized carbons (Fsp3) is 0.500. The predicted octanol–water partition coefficient (Wildman–Crippen LogP) is 2.74. The molecule has 4 rings (SSSR count). The van der Waals surface area contributed by atoms with Crippen molar-refractivity contribution in [3.63, 3.8) is 0 Å². The normalized spacial score (nSPS) is 22.0. The van der Waals surface area contributed by atoms with E-state index in [4.69, 9.17) is 0 Å². The van der Waals surface area contributed by atoms with E-state index in [1.165, 1.54) is 6.33 Å². The van der Waals surface area contributed by atoms with E-state index >= 15 is 0 Å². The third-order valence-corrected chi connectivity index (χ3v) is 4.81. The summed E-state index contributed by atoms with van der Waals surface area (Å²) in [6.07, 6.45) is 5.78. The number of aryl methyl sites for hydroxylation is 1. The van der Waals surface area contributed by atoms with Gasteiger partial charge < -0.3 is 5.32 Å². The van der Waals surface area contributed by atoms with E-state index < -0.39 is 17.7 Å². The van der Waals surface area contributed by atoms with Gasteiger partial charge >= 0.3 is 0 Å². The molecule has 2 fully saturated rings. The van der Waals surface area contributed by atoms with Crippen molar-refractivity contribution in [2.24, 2.45) is 13.0 Å². The summed E-state index contributed by atoms with van der Waals surface area (Å²) in [5.74, 6) is -3.99. The van der Waals surface area contributed by atoms with Crippen molar-refractivity contribution < 1.29 is 13.6 Å². The highest BCUT2D eigenvalue weighted by Crippen LogP contribution is 2.50. The molecule has 1 atom stereocenters. The van der Waals surface area contributed by atoms with Gasteiger partial charge in [0.1, 0.15) is 23.8 Å². The van der Waals surface area contributed by atoms with E-state index in [0.29, 0.717) is 17.2 Å². The summed E-state index contributed by atoms with van der Waals surface area (Å²) in [4.78, 5) is 20.3. The molecule has 2 heterocycles. The molecular formula is C16H17F2N5O. The number of nitrogens with zero attached hydrogens (tertiary/aromatic N) is 4. The van der Waals surface area contributed by atoms with Gasteiger partial charge in [-0.15, -0.1) is 0 Å². The Morgan fingerprint density at radius 2 is 2.17 bits per heavy atom. The molecule has 0 unspecified atom stereocenters. The van der Waals surface area contributed by atoms with E-state index in [9.17, 15) is 13.6 Å². The number of hydrogen-bond donors (Lipinski definition) is 1. The molecule has 24 heavy (non-hydrogen) atoms. The minimum absolute atomic E-state index is 0.263. The lowest BCUT2D eigenvalue weighted by Crippen LogP contribution is -2.21. The van der Waals surface area contributed by atoms with E-state index in [1.807, 2.05) is 0 Å². The van der Waals surface area contributed by atoms with Crippen LogP contribution in [0.2, 0.25) is 0 Å². The topological polar surface area (TPSA) is 72.7 Å². The Hall–Kier alpha value is -2.38. The van der Waals surface area contributed by atoms with Crippen LogP contribution in [0.25, 0.3) is 11.4 Å². The second-order valence-electron chi connectivity index (χ2n) is 6.46. The van der Waals surface area contributed by atoms with Gasteiger partial charge in [0.15, 0.2) is 0 Å². The van der Waals surface area contributed by atoms with Gasteiger partial charge in [-0.05, 0) is 24.8 Å². The molecular weight excluding hydrogens is 316 g/mol. The van der Waals surface area contributed by atoms with Gasteiger partial charge in [-0.25, -0.2) is 18.7 Å². The van der Waals surface area contributed by atoms with Crippen LogP contribution in [0.5, 0.6) is 0 Å². The highest BCUT2D eigenvalue weighted by atomic mass is 19.3. The third kappa shape index (κ3) is 2.46. The lowest BCUT2D eigenvalue weighted by atomic mass is 9.79. The largest absolute Gasteiger partial charge is 0.310 e. The Bertz CT molecular complexity index is 785. The second-order valence-corrected chi connectivity index (χ2v) is 6.46. The zero-order valence-electron chi connectivity index (χ0n) is 13.2. The third-order valence-electron chi connectivity index (χ3n) is 4.81. The number of nitrogens with one attached hydrogen (secondary N) is 1. The average molecular weight is 333 g/mol. The highest BCUT2D eigenvalue weighted by molar-refractivity contribution is 5.96. The molecule has 126 valence electrons.